The van der Waals surface area contributed by atoms with E-state index in [1.165, 1.54) is 88.2 Å². The van der Waals surface area contributed by atoms with Gasteiger partial charge in [0.15, 0.2) is 0 Å². The van der Waals surface area contributed by atoms with E-state index in [2.05, 4.69) is 13.0 Å². The average Bonchev–Trinajstić information content (AvgIpc) is 2.67. The number of aryl methyl sites for hydroxylation is 1. The van der Waals surface area contributed by atoms with Crippen molar-refractivity contribution in [2.75, 3.05) is 0 Å². The lowest BCUT2D eigenvalue weighted by Crippen LogP contribution is -2.15. The summed E-state index contributed by atoms with van der Waals surface area (Å²) in [5.41, 5.74) is 4.02. The molecule has 0 unspecified atom stereocenters. The molecule has 2 aliphatic carbocycles. The highest BCUT2D eigenvalue weighted by molar-refractivity contribution is 5.59. The highest BCUT2D eigenvalue weighted by Crippen LogP contribution is 2.36. The summed E-state index contributed by atoms with van der Waals surface area (Å²) in [7, 11) is 0. The molecular formula is C25H37F. The Labute approximate surface area is 160 Å². The third-order valence-corrected chi connectivity index (χ3v) is 6.74. The first kappa shape index (κ1) is 19.6. The Kier molecular flexibility index (Phi) is 7.77. The van der Waals surface area contributed by atoms with Gasteiger partial charge in [0.1, 0.15) is 5.82 Å². The van der Waals surface area contributed by atoms with Crippen LogP contribution in [0.5, 0.6) is 0 Å². The molecule has 0 N–H and O–H groups in total. The van der Waals surface area contributed by atoms with E-state index < -0.39 is 0 Å². The summed E-state index contributed by atoms with van der Waals surface area (Å²) < 4.78 is 13.3. The standard InChI is InChI=1S/C25H37F/c1-2-3-4-5-6-7-20-8-10-21(11-9-20)12-13-22-14-15-24-19-25(26)17-16-23(24)18-22/h16-21H,2-15H2,1H3. The maximum Gasteiger partial charge on any atom is 0.123 e. The highest BCUT2D eigenvalue weighted by atomic mass is 19.1. The van der Waals surface area contributed by atoms with Gasteiger partial charge in [-0.05, 0) is 60.8 Å². The minimum absolute atomic E-state index is 0.0947. The third kappa shape index (κ3) is 5.96. The summed E-state index contributed by atoms with van der Waals surface area (Å²) in [5.74, 6) is 1.87. The van der Waals surface area contributed by atoms with Crippen LogP contribution in [-0.4, -0.2) is 0 Å². The van der Waals surface area contributed by atoms with Gasteiger partial charge in [0.05, 0.1) is 0 Å². The van der Waals surface area contributed by atoms with Crippen molar-refractivity contribution in [2.24, 2.45) is 11.8 Å². The van der Waals surface area contributed by atoms with E-state index in [-0.39, 0.29) is 5.82 Å². The second-order valence-electron chi connectivity index (χ2n) is 8.77. The van der Waals surface area contributed by atoms with E-state index in [1.807, 2.05) is 6.07 Å². The molecular weight excluding hydrogens is 319 g/mol. The number of hydrogen-bond donors (Lipinski definition) is 0. The lowest BCUT2D eigenvalue weighted by atomic mass is 9.77. The minimum Gasteiger partial charge on any atom is -0.207 e. The maximum atomic E-state index is 13.3. The van der Waals surface area contributed by atoms with Gasteiger partial charge in [-0.2, -0.15) is 0 Å². The molecule has 0 aromatic heterocycles. The molecule has 1 aromatic carbocycles. The molecule has 0 aliphatic heterocycles. The van der Waals surface area contributed by atoms with Crippen molar-refractivity contribution in [3.63, 3.8) is 0 Å². The van der Waals surface area contributed by atoms with Crippen molar-refractivity contribution in [3.05, 3.63) is 40.7 Å². The van der Waals surface area contributed by atoms with Gasteiger partial charge in [0, 0.05) is 0 Å². The Balaban J connectivity index is 1.35. The van der Waals surface area contributed by atoms with Crippen LogP contribution in [0.15, 0.2) is 23.8 Å². The zero-order chi connectivity index (χ0) is 18.2. The Morgan fingerprint density at radius 2 is 1.62 bits per heavy atom. The Bertz CT molecular complexity index is 578. The van der Waals surface area contributed by atoms with Crippen LogP contribution in [0.3, 0.4) is 0 Å². The molecule has 1 fully saturated rings. The third-order valence-electron chi connectivity index (χ3n) is 6.74. The quantitative estimate of drug-likeness (QED) is 0.392. The first-order valence-electron chi connectivity index (χ1n) is 11.2. The van der Waals surface area contributed by atoms with Crippen molar-refractivity contribution in [1.29, 1.82) is 0 Å². The van der Waals surface area contributed by atoms with Crippen molar-refractivity contribution in [1.82, 2.24) is 0 Å². The zero-order valence-corrected chi connectivity index (χ0v) is 16.7. The van der Waals surface area contributed by atoms with E-state index in [0.29, 0.717) is 0 Å². The van der Waals surface area contributed by atoms with Gasteiger partial charge in [-0.3, -0.25) is 0 Å². The van der Waals surface area contributed by atoms with Crippen LogP contribution in [0.4, 0.5) is 4.39 Å². The predicted octanol–water partition coefficient (Wildman–Crippen LogP) is 8.10. The first-order chi connectivity index (χ1) is 12.7. The van der Waals surface area contributed by atoms with Crippen molar-refractivity contribution < 1.29 is 4.39 Å². The molecule has 0 heterocycles. The van der Waals surface area contributed by atoms with Crippen LogP contribution in [0.25, 0.3) is 6.08 Å². The number of benzene rings is 1. The van der Waals surface area contributed by atoms with E-state index in [4.69, 9.17) is 0 Å². The molecule has 2 aliphatic rings. The van der Waals surface area contributed by atoms with Gasteiger partial charge in [0.25, 0.3) is 0 Å². The fraction of sp³-hybridized carbons (Fsp3) is 0.680. The van der Waals surface area contributed by atoms with Crippen molar-refractivity contribution in [2.45, 2.75) is 96.8 Å². The van der Waals surface area contributed by atoms with E-state index >= 15 is 0 Å². The van der Waals surface area contributed by atoms with Crippen molar-refractivity contribution >= 4 is 6.08 Å². The number of allylic oxidation sites excluding steroid dienone is 1. The number of hydrogen-bond acceptors (Lipinski definition) is 0. The smallest absolute Gasteiger partial charge is 0.123 e. The average molecular weight is 357 g/mol. The van der Waals surface area contributed by atoms with Crippen LogP contribution in [0, 0.1) is 17.7 Å². The molecule has 1 saturated carbocycles. The summed E-state index contributed by atoms with van der Waals surface area (Å²) in [6.45, 7) is 2.29. The van der Waals surface area contributed by atoms with Gasteiger partial charge >= 0.3 is 0 Å². The SMILES string of the molecule is CCCCCCCC1CCC(CCC2=Cc3ccc(F)cc3CC2)CC1. The fourth-order valence-electron chi connectivity index (χ4n) is 4.95. The summed E-state index contributed by atoms with van der Waals surface area (Å²) in [6, 6.07) is 5.27. The summed E-state index contributed by atoms with van der Waals surface area (Å²) in [5, 5.41) is 0. The van der Waals surface area contributed by atoms with E-state index in [1.54, 1.807) is 17.7 Å². The fourth-order valence-corrected chi connectivity index (χ4v) is 4.95. The van der Waals surface area contributed by atoms with Crippen molar-refractivity contribution in [3.8, 4) is 0 Å². The van der Waals surface area contributed by atoms with Gasteiger partial charge in [0.2, 0.25) is 0 Å². The molecule has 0 radical (unpaired) electrons. The van der Waals surface area contributed by atoms with Gasteiger partial charge in [-0.1, -0.05) is 88.8 Å². The topological polar surface area (TPSA) is 0 Å². The normalized spacial score (nSPS) is 22.8. The molecule has 26 heavy (non-hydrogen) atoms. The van der Waals surface area contributed by atoms with Gasteiger partial charge in [-0.25, -0.2) is 4.39 Å². The number of rotatable bonds is 9. The lowest BCUT2D eigenvalue weighted by molar-refractivity contribution is 0.248. The maximum absolute atomic E-state index is 13.3. The second kappa shape index (κ2) is 10.3. The monoisotopic (exact) mass is 356 g/mol. The van der Waals surface area contributed by atoms with Crippen LogP contribution < -0.4 is 0 Å². The van der Waals surface area contributed by atoms with Crippen LogP contribution in [0.2, 0.25) is 0 Å². The highest BCUT2D eigenvalue weighted by Gasteiger charge is 2.21. The molecule has 0 saturated heterocycles. The summed E-state index contributed by atoms with van der Waals surface area (Å²) in [4.78, 5) is 0. The minimum atomic E-state index is -0.0947. The zero-order valence-electron chi connectivity index (χ0n) is 16.7. The second-order valence-corrected chi connectivity index (χ2v) is 8.77. The molecule has 144 valence electrons. The Hall–Kier alpha value is -1.11. The molecule has 0 atom stereocenters. The van der Waals surface area contributed by atoms with E-state index in [0.717, 1.165) is 24.7 Å². The largest absolute Gasteiger partial charge is 0.207 e. The lowest BCUT2D eigenvalue weighted by Gasteiger charge is -2.29. The van der Waals surface area contributed by atoms with Crippen LogP contribution in [-0.2, 0) is 6.42 Å². The van der Waals surface area contributed by atoms with Gasteiger partial charge < -0.3 is 0 Å². The molecule has 0 amide bonds. The molecule has 3 rings (SSSR count). The Morgan fingerprint density at radius 3 is 2.38 bits per heavy atom. The molecule has 1 aromatic rings. The molecule has 0 nitrogen and oxygen atoms in total. The van der Waals surface area contributed by atoms with E-state index in [9.17, 15) is 4.39 Å². The molecule has 1 heteroatoms. The van der Waals surface area contributed by atoms with Gasteiger partial charge in [-0.15, -0.1) is 0 Å². The number of halogens is 1. The Morgan fingerprint density at radius 1 is 0.885 bits per heavy atom. The predicted molar refractivity (Wildman–Crippen MR) is 111 cm³/mol. The summed E-state index contributed by atoms with van der Waals surface area (Å²) >= 11 is 0. The number of unbranched alkanes of at least 4 members (excludes halogenated alkanes) is 4. The number of fused-ring (bicyclic) bond motifs is 1. The van der Waals surface area contributed by atoms with Crippen LogP contribution >= 0.6 is 0 Å². The molecule has 0 bridgehead atoms. The van der Waals surface area contributed by atoms with Crippen LogP contribution in [0.1, 0.15) is 102 Å². The summed E-state index contributed by atoms with van der Waals surface area (Å²) in [6.07, 6.45) is 21.6. The molecule has 0 spiro atoms. The first-order valence-corrected chi connectivity index (χ1v) is 11.2.